The third kappa shape index (κ3) is 2.46. The first-order chi connectivity index (χ1) is 8.40. The predicted octanol–water partition coefficient (Wildman–Crippen LogP) is 2.06. The first-order valence-electron chi connectivity index (χ1n) is 5.94. The van der Waals surface area contributed by atoms with Gasteiger partial charge in [-0.15, -0.1) is 0 Å². The summed E-state index contributed by atoms with van der Waals surface area (Å²) in [6, 6.07) is 5.41. The van der Waals surface area contributed by atoms with Gasteiger partial charge >= 0.3 is 6.03 Å². The van der Waals surface area contributed by atoms with E-state index in [-0.39, 0.29) is 11.9 Å². The fraction of sp³-hybridized carbons (Fsp3) is 0.462. The number of anilines is 1. The van der Waals surface area contributed by atoms with Crippen LogP contribution in [0.25, 0.3) is 0 Å². The second-order valence-electron chi connectivity index (χ2n) is 5.05. The fourth-order valence-electron chi connectivity index (χ4n) is 1.89. The highest BCUT2D eigenvalue weighted by Gasteiger charge is 2.45. The Bertz CT molecular complexity index is 456. The van der Waals surface area contributed by atoms with E-state index in [1.54, 1.807) is 6.07 Å². The van der Waals surface area contributed by atoms with Crippen LogP contribution in [0.15, 0.2) is 24.3 Å². The van der Waals surface area contributed by atoms with Crippen molar-refractivity contribution >= 4 is 11.7 Å². The molecule has 1 aromatic carbocycles. The number of carbonyl (C=O) groups excluding carboxylic acids is 1. The van der Waals surface area contributed by atoms with E-state index in [0.717, 1.165) is 0 Å². The lowest BCUT2D eigenvalue weighted by Gasteiger charge is -2.48. The second-order valence-corrected chi connectivity index (χ2v) is 5.05. The van der Waals surface area contributed by atoms with Gasteiger partial charge in [-0.25, -0.2) is 9.18 Å². The van der Waals surface area contributed by atoms with Crippen LogP contribution in [0.3, 0.4) is 0 Å². The molecule has 4 nitrogen and oxygen atoms in total. The number of urea groups is 1. The zero-order valence-corrected chi connectivity index (χ0v) is 10.5. The number of rotatable bonds is 2. The Balaban J connectivity index is 1.92. The average molecular weight is 252 g/mol. The van der Waals surface area contributed by atoms with Gasteiger partial charge in [0.1, 0.15) is 11.4 Å². The highest BCUT2D eigenvalue weighted by atomic mass is 19.1. The molecule has 1 heterocycles. The molecule has 0 radical (unpaired) electrons. The molecule has 2 N–H and O–H groups in total. The molecule has 2 rings (SSSR count). The predicted molar refractivity (Wildman–Crippen MR) is 66.8 cm³/mol. The average Bonchev–Trinajstić information content (AvgIpc) is 2.24. The summed E-state index contributed by atoms with van der Waals surface area (Å²) in [4.78, 5) is 13.3. The third-order valence-electron chi connectivity index (χ3n) is 3.37. The molecule has 0 aromatic heterocycles. The minimum absolute atomic E-state index is 0.107. The van der Waals surface area contributed by atoms with Crippen molar-refractivity contribution in [1.29, 1.82) is 0 Å². The van der Waals surface area contributed by atoms with Gasteiger partial charge < -0.3 is 15.3 Å². The molecule has 1 fully saturated rings. The van der Waals surface area contributed by atoms with Crippen LogP contribution in [0.2, 0.25) is 0 Å². The van der Waals surface area contributed by atoms with Crippen molar-refractivity contribution in [2.45, 2.75) is 19.4 Å². The summed E-state index contributed by atoms with van der Waals surface area (Å²) < 4.78 is 12.9. The highest BCUT2D eigenvalue weighted by molar-refractivity contribution is 5.90. The lowest BCUT2D eigenvalue weighted by atomic mass is 9.83. The zero-order chi connectivity index (χ0) is 13.3. The van der Waals surface area contributed by atoms with Crippen molar-refractivity contribution < 1.29 is 14.3 Å². The fourth-order valence-corrected chi connectivity index (χ4v) is 1.89. The number of β-amino-alcohol motifs (C(OH)–C–C–N with tert-alkyl or cyclic N) is 1. The molecule has 1 aliphatic rings. The number of nitrogens with zero attached hydrogens (tertiary/aromatic N) is 1. The number of hydrogen-bond donors (Lipinski definition) is 2. The lowest BCUT2D eigenvalue weighted by molar-refractivity contribution is -0.105. The second kappa shape index (κ2) is 4.57. The van der Waals surface area contributed by atoms with Gasteiger partial charge in [0, 0.05) is 5.69 Å². The first-order valence-corrected chi connectivity index (χ1v) is 5.94. The molecule has 5 heteroatoms. The molecule has 2 amide bonds. The summed E-state index contributed by atoms with van der Waals surface area (Å²) in [5.74, 6) is -0.286. The molecule has 18 heavy (non-hydrogen) atoms. The number of amides is 2. The smallest absolute Gasteiger partial charge is 0.322 e. The Morgan fingerprint density at radius 1 is 1.50 bits per heavy atom. The van der Waals surface area contributed by atoms with Gasteiger partial charge in [0.05, 0.1) is 13.1 Å². The summed E-state index contributed by atoms with van der Waals surface area (Å²) in [7, 11) is 0. The van der Waals surface area contributed by atoms with Crippen LogP contribution in [-0.4, -0.2) is 34.7 Å². The lowest BCUT2D eigenvalue weighted by Crippen LogP contribution is -2.66. The van der Waals surface area contributed by atoms with Crippen molar-refractivity contribution in [1.82, 2.24) is 4.90 Å². The summed E-state index contributed by atoms with van der Waals surface area (Å²) >= 11 is 0. The monoisotopic (exact) mass is 252 g/mol. The molecule has 1 aliphatic heterocycles. The minimum Gasteiger partial charge on any atom is -0.386 e. The van der Waals surface area contributed by atoms with Gasteiger partial charge in [-0.2, -0.15) is 0 Å². The highest BCUT2D eigenvalue weighted by Crippen LogP contribution is 2.28. The summed E-state index contributed by atoms with van der Waals surface area (Å²) in [5.41, 5.74) is -0.376. The van der Waals surface area contributed by atoms with Gasteiger partial charge in [-0.05, 0) is 24.1 Å². The molecule has 1 aromatic rings. The Kier molecular flexibility index (Phi) is 3.26. The maximum Gasteiger partial charge on any atom is 0.322 e. The molecule has 0 spiro atoms. The molecular weight excluding hydrogens is 235 g/mol. The van der Waals surface area contributed by atoms with E-state index in [4.69, 9.17) is 0 Å². The van der Waals surface area contributed by atoms with E-state index in [2.05, 4.69) is 5.32 Å². The Labute approximate surface area is 105 Å². The standard InChI is InChI=1S/C13H17FN2O2/c1-9(2)13(18)7-16(8-13)12(17)15-11-5-3-4-10(14)6-11/h3-6,9,18H,7-8H2,1-2H3,(H,15,17). The third-order valence-corrected chi connectivity index (χ3v) is 3.37. The van der Waals surface area contributed by atoms with Gasteiger partial charge in [0.2, 0.25) is 0 Å². The largest absolute Gasteiger partial charge is 0.386 e. The van der Waals surface area contributed by atoms with E-state index in [9.17, 15) is 14.3 Å². The van der Waals surface area contributed by atoms with Gasteiger partial charge in [0.15, 0.2) is 0 Å². The summed E-state index contributed by atoms with van der Waals surface area (Å²) in [6.45, 7) is 4.46. The Morgan fingerprint density at radius 2 is 2.17 bits per heavy atom. The van der Waals surface area contributed by atoms with Gasteiger partial charge in [0.25, 0.3) is 0 Å². The summed E-state index contributed by atoms with van der Waals surface area (Å²) in [6.07, 6.45) is 0. The van der Waals surface area contributed by atoms with Crippen LogP contribution in [0.1, 0.15) is 13.8 Å². The molecule has 0 bridgehead atoms. The molecule has 0 atom stereocenters. The van der Waals surface area contributed by atoms with Crippen LogP contribution in [-0.2, 0) is 0 Å². The van der Waals surface area contributed by atoms with Crippen molar-refractivity contribution in [3.8, 4) is 0 Å². The van der Waals surface area contributed by atoms with Crippen molar-refractivity contribution in [2.75, 3.05) is 18.4 Å². The van der Waals surface area contributed by atoms with Gasteiger partial charge in [-0.1, -0.05) is 19.9 Å². The first kappa shape index (κ1) is 12.8. The van der Waals surface area contributed by atoms with E-state index < -0.39 is 11.4 Å². The molecule has 0 saturated carbocycles. The number of halogens is 1. The number of aliphatic hydroxyl groups is 1. The zero-order valence-electron chi connectivity index (χ0n) is 10.5. The van der Waals surface area contributed by atoms with Crippen molar-refractivity contribution in [3.05, 3.63) is 30.1 Å². The number of benzene rings is 1. The van der Waals surface area contributed by atoms with E-state index in [1.807, 2.05) is 13.8 Å². The van der Waals surface area contributed by atoms with Crippen molar-refractivity contribution in [3.63, 3.8) is 0 Å². The number of hydrogen-bond acceptors (Lipinski definition) is 2. The molecule has 98 valence electrons. The van der Waals surface area contributed by atoms with E-state index in [1.165, 1.54) is 23.1 Å². The maximum absolute atomic E-state index is 12.9. The Hall–Kier alpha value is -1.62. The SMILES string of the molecule is CC(C)C1(O)CN(C(=O)Nc2cccc(F)c2)C1. The molecule has 0 unspecified atom stereocenters. The summed E-state index contributed by atoms with van der Waals surface area (Å²) in [5, 5.41) is 12.6. The van der Waals surface area contributed by atoms with Crippen molar-refractivity contribution in [2.24, 2.45) is 5.92 Å². The van der Waals surface area contributed by atoms with Crippen LogP contribution in [0.4, 0.5) is 14.9 Å². The maximum atomic E-state index is 12.9. The number of carbonyl (C=O) groups is 1. The van der Waals surface area contributed by atoms with E-state index >= 15 is 0 Å². The molecular formula is C13H17FN2O2. The molecule has 0 aliphatic carbocycles. The van der Waals surface area contributed by atoms with Crippen LogP contribution in [0, 0.1) is 11.7 Å². The quantitative estimate of drug-likeness (QED) is 0.846. The molecule has 1 saturated heterocycles. The van der Waals surface area contributed by atoms with Crippen LogP contribution < -0.4 is 5.32 Å². The number of nitrogens with one attached hydrogen (secondary N) is 1. The Morgan fingerprint density at radius 3 is 2.72 bits per heavy atom. The number of likely N-dealkylation sites (tertiary alicyclic amines) is 1. The minimum atomic E-state index is -0.792. The normalized spacial score (nSPS) is 17.5. The topological polar surface area (TPSA) is 52.6 Å². The van der Waals surface area contributed by atoms with Crippen LogP contribution in [0.5, 0.6) is 0 Å². The van der Waals surface area contributed by atoms with Crippen LogP contribution >= 0.6 is 0 Å². The van der Waals surface area contributed by atoms with E-state index in [0.29, 0.717) is 18.8 Å². The van der Waals surface area contributed by atoms with Gasteiger partial charge in [-0.3, -0.25) is 0 Å².